The van der Waals surface area contributed by atoms with E-state index in [9.17, 15) is 4.79 Å². The molecule has 0 saturated carbocycles. The van der Waals surface area contributed by atoms with Crippen LogP contribution in [-0.4, -0.2) is 31.0 Å². The minimum atomic E-state index is -0.129. The van der Waals surface area contributed by atoms with Crippen LogP contribution in [0.25, 0.3) is 0 Å². The summed E-state index contributed by atoms with van der Waals surface area (Å²) in [5.41, 5.74) is 6.77. The van der Waals surface area contributed by atoms with Gasteiger partial charge in [-0.1, -0.05) is 35.9 Å². The number of carbonyl (C=O) groups is 1. The summed E-state index contributed by atoms with van der Waals surface area (Å²) in [4.78, 5) is 13.8. The Morgan fingerprint density at radius 1 is 1.19 bits per heavy atom. The van der Waals surface area contributed by atoms with E-state index in [0.717, 1.165) is 0 Å². The third-order valence-electron chi connectivity index (χ3n) is 3.06. The third-order valence-corrected chi connectivity index (χ3v) is 3.37. The van der Waals surface area contributed by atoms with Crippen LogP contribution in [-0.2, 0) is 0 Å². The molecule has 110 valence electrons. The number of nitrogen functional groups attached to an aromatic ring is 1. The Hall–Kier alpha value is -2.20. The number of nitrogens with two attached hydrogens (primary N) is 1. The van der Waals surface area contributed by atoms with Crippen molar-refractivity contribution >= 4 is 23.2 Å². The van der Waals surface area contributed by atoms with Crippen molar-refractivity contribution in [3.8, 4) is 5.75 Å². The molecule has 2 N–H and O–H groups in total. The number of nitrogens with zero attached hydrogens (tertiary/aromatic N) is 1. The standard InChI is InChI=1S/C16H17ClN2O2/c1-19(16(20)12-6-2-4-8-14(12)18)10-11-21-15-9-5-3-7-13(15)17/h2-9H,10-11,18H2,1H3. The summed E-state index contributed by atoms with van der Waals surface area (Å²) in [5.74, 6) is 0.482. The maximum atomic E-state index is 12.2. The van der Waals surface area contributed by atoms with Crippen molar-refractivity contribution in [3.05, 3.63) is 59.1 Å². The van der Waals surface area contributed by atoms with Crippen LogP contribution in [0.15, 0.2) is 48.5 Å². The van der Waals surface area contributed by atoms with Crippen LogP contribution < -0.4 is 10.5 Å². The second-order valence-electron chi connectivity index (χ2n) is 4.59. The van der Waals surface area contributed by atoms with E-state index in [4.69, 9.17) is 22.1 Å². The number of hydrogen-bond donors (Lipinski definition) is 1. The predicted octanol–water partition coefficient (Wildman–Crippen LogP) is 3.07. The van der Waals surface area contributed by atoms with Crippen molar-refractivity contribution in [2.75, 3.05) is 25.9 Å². The van der Waals surface area contributed by atoms with E-state index in [0.29, 0.717) is 35.2 Å². The Labute approximate surface area is 129 Å². The topological polar surface area (TPSA) is 55.6 Å². The van der Waals surface area contributed by atoms with Gasteiger partial charge in [0.2, 0.25) is 0 Å². The van der Waals surface area contributed by atoms with Crippen molar-refractivity contribution < 1.29 is 9.53 Å². The smallest absolute Gasteiger partial charge is 0.255 e. The first-order chi connectivity index (χ1) is 10.1. The van der Waals surface area contributed by atoms with Crippen LogP contribution >= 0.6 is 11.6 Å². The fourth-order valence-corrected chi connectivity index (χ4v) is 2.04. The molecule has 1 amide bonds. The fourth-order valence-electron chi connectivity index (χ4n) is 1.85. The molecule has 0 fully saturated rings. The minimum absolute atomic E-state index is 0.129. The summed E-state index contributed by atoms with van der Waals surface area (Å²) in [6.45, 7) is 0.803. The SMILES string of the molecule is CN(CCOc1ccccc1Cl)C(=O)c1ccccc1N. The van der Waals surface area contributed by atoms with Gasteiger partial charge in [-0.3, -0.25) is 4.79 Å². The molecule has 4 nitrogen and oxygen atoms in total. The van der Waals surface area contributed by atoms with Crippen LogP contribution in [0.2, 0.25) is 5.02 Å². The summed E-state index contributed by atoms with van der Waals surface area (Å²) in [6.07, 6.45) is 0. The molecule has 2 aromatic rings. The quantitative estimate of drug-likeness (QED) is 0.864. The summed E-state index contributed by atoms with van der Waals surface area (Å²) in [7, 11) is 1.71. The van der Waals surface area contributed by atoms with Gasteiger partial charge in [-0.2, -0.15) is 0 Å². The number of benzene rings is 2. The van der Waals surface area contributed by atoms with Crippen molar-refractivity contribution in [2.24, 2.45) is 0 Å². The van der Waals surface area contributed by atoms with Crippen molar-refractivity contribution in [3.63, 3.8) is 0 Å². The maximum absolute atomic E-state index is 12.2. The van der Waals surface area contributed by atoms with E-state index >= 15 is 0 Å². The lowest BCUT2D eigenvalue weighted by molar-refractivity contribution is 0.0775. The molecule has 2 aromatic carbocycles. The van der Waals surface area contributed by atoms with Crippen molar-refractivity contribution in [1.82, 2.24) is 4.90 Å². The van der Waals surface area contributed by atoms with Crippen molar-refractivity contribution in [2.45, 2.75) is 0 Å². The van der Waals surface area contributed by atoms with E-state index in [1.165, 1.54) is 0 Å². The lowest BCUT2D eigenvalue weighted by Gasteiger charge is -2.18. The lowest BCUT2D eigenvalue weighted by Crippen LogP contribution is -2.31. The number of ether oxygens (including phenoxy) is 1. The van der Waals surface area contributed by atoms with Gasteiger partial charge in [0, 0.05) is 12.7 Å². The van der Waals surface area contributed by atoms with Gasteiger partial charge in [0.25, 0.3) is 5.91 Å². The fraction of sp³-hybridized carbons (Fsp3) is 0.188. The average Bonchev–Trinajstić information content (AvgIpc) is 2.49. The monoisotopic (exact) mass is 304 g/mol. The number of para-hydroxylation sites is 2. The molecule has 0 aliphatic rings. The highest BCUT2D eigenvalue weighted by Crippen LogP contribution is 2.23. The highest BCUT2D eigenvalue weighted by atomic mass is 35.5. The lowest BCUT2D eigenvalue weighted by atomic mass is 10.1. The van der Waals surface area contributed by atoms with E-state index in [-0.39, 0.29) is 5.91 Å². The van der Waals surface area contributed by atoms with Gasteiger partial charge in [-0.05, 0) is 24.3 Å². The average molecular weight is 305 g/mol. The molecule has 0 bridgehead atoms. The zero-order chi connectivity index (χ0) is 15.2. The molecule has 21 heavy (non-hydrogen) atoms. The summed E-state index contributed by atoms with van der Waals surface area (Å²) < 4.78 is 5.57. The zero-order valence-electron chi connectivity index (χ0n) is 11.8. The molecular weight excluding hydrogens is 288 g/mol. The molecule has 0 aliphatic heterocycles. The normalized spacial score (nSPS) is 10.2. The van der Waals surface area contributed by atoms with E-state index in [2.05, 4.69) is 0 Å². The molecule has 5 heteroatoms. The molecule has 0 aliphatic carbocycles. The van der Waals surface area contributed by atoms with Gasteiger partial charge in [-0.25, -0.2) is 0 Å². The largest absolute Gasteiger partial charge is 0.490 e. The Kier molecular flexibility index (Phi) is 5.06. The molecule has 0 spiro atoms. The number of halogens is 1. The first kappa shape index (κ1) is 15.2. The molecule has 0 radical (unpaired) electrons. The van der Waals surface area contributed by atoms with E-state index in [1.807, 2.05) is 12.1 Å². The molecule has 0 saturated heterocycles. The van der Waals surface area contributed by atoms with Crippen LogP contribution in [0.4, 0.5) is 5.69 Å². The Morgan fingerprint density at radius 2 is 1.86 bits per heavy atom. The van der Waals surface area contributed by atoms with Gasteiger partial charge in [0.15, 0.2) is 0 Å². The van der Waals surface area contributed by atoms with Crippen LogP contribution in [0.3, 0.4) is 0 Å². The third kappa shape index (κ3) is 3.89. The number of carbonyl (C=O) groups excluding carboxylic acids is 1. The number of hydrogen-bond acceptors (Lipinski definition) is 3. The van der Waals surface area contributed by atoms with Crippen molar-refractivity contribution in [1.29, 1.82) is 0 Å². The zero-order valence-corrected chi connectivity index (χ0v) is 12.5. The summed E-state index contributed by atoms with van der Waals surface area (Å²) >= 11 is 6.00. The molecular formula is C16H17ClN2O2. The number of likely N-dealkylation sites (N-methyl/N-ethyl adjacent to an activating group) is 1. The molecule has 0 heterocycles. The van der Waals surface area contributed by atoms with Gasteiger partial charge in [0.1, 0.15) is 12.4 Å². The molecule has 2 rings (SSSR count). The van der Waals surface area contributed by atoms with Gasteiger partial charge in [-0.15, -0.1) is 0 Å². The maximum Gasteiger partial charge on any atom is 0.255 e. The van der Waals surface area contributed by atoms with E-state index < -0.39 is 0 Å². The Balaban J connectivity index is 1.90. The highest BCUT2D eigenvalue weighted by Gasteiger charge is 2.14. The van der Waals surface area contributed by atoms with Crippen LogP contribution in [0.1, 0.15) is 10.4 Å². The molecule has 0 unspecified atom stereocenters. The predicted molar refractivity (Wildman–Crippen MR) is 84.8 cm³/mol. The highest BCUT2D eigenvalue weighted by molar-refractivity contribution is 6.32. The molecule has 0 atom stereocenters. The number of rotatable bonds is 5. The first-order valence-electron chi connectivity index (χ1n) is 6.57. The first-order valence-corrected chi connectivity index (χ1v) is 6.94. The number of anilines is 1. The summed E-state index contributed by atoms with van der Waals surface area (Å²) in [5, 5.41) is 0.554. The minimum Gasteiger partial charge on any atom is -0.490 e. The van der Waals surface area contributed by atoms with Crippen LogP contribution in [0, 0.1) is 0 Å². The van der Waals surface area contributed by atoms with Gasteiger partial charge >= 0.3 is 0 Å². The summed E-state index contributed by atoms with van der Waals surface area (Å²) in [6, 6.07) is 14.2. The molecule has 0 aromatic heterocycles. The second-order valence-corrected chi connectivity index (χ2v) is 5.00. The Bertz CT molecular complexity index is 631. The van der Waals surface area contributed by atoms with Gasteiger partial charge in [0.05, 0.1) is 17.1 Å². The van der Waals surface area contributed by atoms with Gasteiger partial charge < -0.3 is 15.4 Å². The van der Waals surface area contributed by atoms with E-state index in [1.54, 1.807) is 48.3 Å². The second kappa shape index (κ2) is 6.99. The Morgan fingerprint density at radius 3 is 2.57 bits per heavy atom. The number of amides is 1. The van der Waals surface area contributed by atoms with Crippen LogP contribution in [0.5, 0.6) is 5.75 Å².